The molecular weight excluding hydrogens is 342 g/mol. The lowest BCUT2D eigenvalue weighted by atomic mass is 10.2. The summed E-state index contributed by atoms with van der Waals surface area (Å²) >= 11 is 5.08. The summed E-state index contributed by atoms with van der Waals surface area (Å²) in [6.07, 6.45) is 2.05. The van der Waals surface area contributed by atoms with Gasteiger partial charge in [-0.15, -0.1) is 0 Å². The van der Waals surface area contributed by atoms with Gasteiger partial charge in [-0.05, 0) is 43.3 Å². The Balaban J connectivity index is 1.88. The van der Waals surface area contributed by atoms with Crippen LogP contribution in [0.25, 0.3) is 0 Å². The molecule has 1 heterocycles. The lowest BCUT2D eigenvalue weighted by molar-refractivity contribution is -0.142. The third-order valence-electron chi connectivity index (χ3n) is 3.80. The van der Waals surface area contributed by atoms with Crippen LogP contribution in [0, 0.1) is 0 Å². The zero-order valence-corrected chi connectivity index (χ0v) is 14.9. The van der Waals surface area contributed by atoms with Crippen LogP contribution >= 0.6 is 12.2 Å². The maximum absolute atomic E-state index is 12.4. The molecule has 8 heteroatoms. The van der Waals surface area contributed by atoms with Crippen LogP contribution in [0.1, 0.15) is 36.0 Å². The predicted molar refractivity (Wildman–Crippen MR) is 97.2 cm³/mol. The molecule has 0 radical (unpaired) electrons. The zero-order valence-electron chi connectivity index (χ0n) is 14.0. The van der Waals surface area contributed by atoms with E-state index in [1.165, 1.54) is 7.11 Å². The number of ether oxygens (including phenoxy) is 1. The molecule has 134 valence electrons. The van der Waals surface area contributed by atoms with Crippen LogP contribution in [0.3, 0.4) is 0 Å². The minimum atomic E-state index is -0.456. The van der Waals surface area contributed by atoms with Crippen molar-refractivity contribution in [3.05, 3.63) is 29.8 Å². The van der Waals surface area contributed by atoms with Gasteiger partial charge in [0.25, 0.3) is 5.91 Å². The molecule has 2 N–H and O–H groups in total. The Morgan fingerprint density at radius 3 is 2.60 bits per heavy atom. The summed E-state index contributed by atoms with van der Waals surface area (Å²) in [4.78, 5) is 36.9. The highest BCUT2D eigenvalue weighted by Gasteiger charge is 2.19. The third-order valence-corrected chi connectivity index (χ3v) is 4.00. The van der Waals surface area contributed by atoms with Crippen LogP contribution in [-0.2, 0) is 14.3 Å². The van der Waals surface area contributed by atoms with Gasteiger partial charge in [-0.1, -0.05) is 6.07 Å². The second-order valence-corrected chi connectivity index (χ2v) is 6.07. The number of hydrogen-bond acceptors (Lipinski definition) is 5. The number of benzene rings is 1. The number of carbonyl (C=O) groups is 3. The van der Waals surface area contributed by atoms with E-state index in [2.05, 4.69) is 15.4 Å². The van der Waals surface area contributed by atoms with Crippen LogP contribution < -0.4 is 10.6 Å². The van der Waals surface area contributed by atoms with Crippen molar-refractivity contribution in [2.75, 3.05) is 25.5 Å². The first-order valence-electron chi connectivity index (χ1n) is 8.06. The van der Waals surface area contributed by atoms with Gasteiger partial charge in [0.05, 0.1) is 13.5 Å². The first-order valence-corrected chi connectivity index (χ1v) is 8.47. The van der Waals surface area contributed by atoms with Crippen LogP contribution in [0.5, 0.6) is 0 Å². The van der Waals surface area contributed by atoms with Crippen molar-refractivity contribution < 1.29 is 19.1 Å². The second-order valence-electron chi connectivity index (χ2n) is 5.66. The Morgan fingerprint density at radius 1 is 1.20 bits per heavy atom. The summed E-state index contributed by atoms with van der Waals surface area (Å²) in [6, 6.07) is 6.97. The standard InChI is InChI=1S/C17H21N3O4S/c1-24-15(22)8-7-14(21)19-17(25)18-13-6-4-5-12(11-13)16(23)20-9-2-3-10-20/h4-6,11H,2-3,7-10H2,1H3,(H2,18,19,21,25). The normalized spacial score (nSPS) is 13.2. The molecule has 1 aromatic carbocycles. The number of anilines is 1. The van der Waals surface area contributed by atoms with Gasteiger partial charge in [0, 0.05) is 30.8 Å². The van der Waals surface area contributed by atoms with E-state index in [4.69, 9.17) is 12.2 Å². The highest BCUT2D eigenvalue weighted by molar-refractivity contribution is 7.80. The molecule has 7 nitrogen and oxygen atoms in total. The number of methoxy groups -OCH3 is 1. The molecule has 1 fully saturated rings. The molecule has 0 bridgehead atoms. The second kappa shape index (κ2) is 9.12. The topological polar surface area (TPSA) is 87.7 Å². The maximum Gasteiger partial charge on any atom is 0.306 e. The number of esters is 1. The van der Waals surface area contributed by atoms with Crippen molar-refractivity contribution in [3.8, 4) is 0 Å². The van der Waals surface area contributed by atoms with Gasteiger partial charge >= 0.3 is 5.97 Å². The highest BCUT2D eigenvalue weighted by atomic mass is 32.1. The highest BCUT2D eigenvalue weighted by Crippen LogP contribution is 2.16. The summed E-state index contributed by atoms with van der Waals surface area (Å²) in [5.74, 6) is -0.844. The van der Waals surface area contributed by atoms with E-state index in [-0.39, 0.29) is 29.8 Å². The lowest BCUT2D eigenvalue weighted by Gasteiger charge is -2.16. The van der Waals surface area contributed by atoms with E-state index in [0.717, 1.165) is 25.9 Å². The molecule has 0 aliphatic carbocycles. The van der Waals surface area contributed by atoms with Crippen molar-refractivity contribution in [3.63, 3.8) is 0 Å². The fourth-order valence-corrected chi connectivity index (χ4v) is 2.73. The Morgan fingerprint density at radius 2 is 1.92 bits per heavy atom. The van der Waals surface area contributed by atoms with Crippen LogP contribution in [0.2, 0.25) is 0 Å². The number of rotatable bonds is 5. The summed E-state index contributed by atoms with van der Waals surface area (Å²) in [5.41, 5.74) is 1.19. The van der Waals surface area contributed by atoms with Gasteiger partial charge in [0.15, 0.2) is 5.11 Å². The van der Waals surface area contributed by atoms with Gasteiger partial charge in [-0.25, -0.2) is 0 Å². The van der Waals surface area contributed by atoms with Crippen LogP contribution in [0.15, 0.2) is 24.3 Å². The van der Waals surface area contributed by atoms with E-state index in [9.17, 15) is 14.4 Å². The number of likely N-dealkylation sites (tertiary alicyclic amines) is 1. The molecule has 2 amide bonds. The van der Waals surface area contributed by atoms with E-state index in [1.807, 2.05) is 4.90 Å². The molecule has 0 saturated carbocycles. The molecule has 0 atom stereocenters. The van der Waals surface area contributed by atoms with Crippen molar-refractivity contribution in [1.82, 2.24) is 10.2 Å². The first kappa shape index (κ1) is 18.9. The summed E-state index contributed by atoms with van der Waals surface area (Å²) in [7, 11) is 1.27. The fourth-order valence-electron chi connectivity index (χ4n) is 2.50. The zero-order chi connectivity index (χ0) is 18.2. The molecule has 0 spiro atoms. The quantitative estimate of drug-likeness (QED) is 0.611. The number of carbonyl (C=O) groups excluding carboxylic acids is 3. The van der Waals surface area contributed by atoms with Crippen molar-refractivity contribution in [2.45, 2.75) is 25.7 Å². The Labute approximate surface area is 151 Å². The van der Waals surface area contributed by atoms with E-state index < -0.39 is 5.97 Å². The van der Waals surface area contributed by atoms with Crippen LogP contribution in [-0.4, -0.2) is 48.0 Å². The van der Waals surface area contributed by atoms with E-state index >= 15 is 0 Å². The molecule has 1 saturated heterocycles. The number of hydrogen-bond donors (Lipinski definition) is 2. The smallest absolute Gasteiger partial charge is 0.306 e. The molecule has 1 aliphatic heterocycles. The summed E-state index contributed by atoms with van der Waals surface area (Å²) in [5, 5.41) is 5.47. The van der Waals surface area contributed by atoms with Gasteiger partial charge < -0.3 is 20.3 Å². The van der Waals surface area contributed by atoms with Crippen LogP contribution in [0.4, 0.5) is 5.69 Å². The summed E-state index contributed by atoms with van der Waals surface area (Å²) in [6.45, 7) is 1.57. The minimum absolute atomic E-state index is 0.00539. The van der Waals surface area contributed by atoms with Gasteiger partial charge in [0.2, 0.25) is 5.91 Å². The number of thiocarbonyl (C=S) groups is 1. The van der Waals surface area contributed by atoms with Crippen molar-refractivity contribution in [1.29, 1.82) is 0 Å². The third kappa shape index (κ3) is 5.82. The molecule has 0 aromatic heterocycles. The molecule has 1 aliphatic rings. The lowest BCUT2D eigenvalue weighted by Crippen LogP contribution is -2.34. The van der Waals surface area contributed by atoms with E-state index in [1.54, 1.807) is 24.3 Å². The number of nitrogens with zero attached hydrogens (tertiary/aromatic N) is 1. The average Bonchev–Trinajstić information content (AvgIpc) is 3.13. The van der Waals surface area contributed by atoms with Gasteiger partial charge in [-0.2, -0.15) is 0 Å². The predicted octanol–water partition coefficient (Wildman–Crippen LogP) is 1.69. The molecule has 1 aromatic rings. The molecule has 25 heavy (non-hydrogen) atoms. The monoisotopic (exact) mass is 363 g/mol. The summed E-state index contributed by atoms with van der Waals surface area (Å²) < 4.78 is 4.48. The molecular formula is C17H21N3O4S. The number of amides is 2. The molecule has 0 unspecified atom stereocenters. The SMILES string of the molecule is COC(=O)CCC(=O)NC(=S)Nc1cccc(C(=O)N2CCCC2)c1. The van der Waals surface area contributed by atoms with Crippen molar-refractivity contribution in [2.24, 2.45) is 0 Å². The maximum atomic E-state index is 12.4. The van der Waals surface area contributed by atoms with Gasteiger partial charge in [0.1, 0.15) is 0 Å². The Kier molecular flexibility index (Phi) is 6.88. The fraction of sp³-hybridized carbons (Fsp3) is 0.412. The minimum Gasteiger partial charge on any atom is -0.469 e. The largest absolute Gasteiger partial charge is 0.469 e. The molecule has 2 rings (SSSR count). The first-order chi connectivity index (χ1) is 12.0. The average molecular weight is 363 g/mol. The van der Waals surface area contributed by atoms with Crippen molar-refractivity contribution >= 4 is 40.8 Å². The van der Waals surface area contributed by atoms with E-state index in [0.29, 0.717) is 11.3 Å². The number of nitrogens with one attached hydrogen (secondary N) is 2. The Bertz CT molecular complexity index is 672. The van der Waals surface area contributed by atoms with Gasteiger partial charge in [-0.3, -0.25) is 14.4 Å². The Hall–Kier alpha value is -2.48.